The van der Waals surface area contributed by atoms with E-state index in [-0.39, 0.29) is 0 Å². The van der Waals surface area contributed by atoms with E-state index in [4.69, 9.17) is 9.72 Å². The van der Waals surface area contributed by atoms with E-state index in [1.165, 1.54) is 36.0 Å². The van der Waals surface area contributed by atoms with Gasteiger partial charge in [0.2, 0.25) is 0 Å². The second-order valence-electron chi connectivity index (χ2n) is 9.90. The van der Waals surface area contributed by atoms with Gasteiger partial charge in [0.15, 0.2) is 0 Å². The summed E-state index contributed by atoms with van der Waals surface area (Å²) < 4.78 is 11.5. The zero-order valence-electron chi connectivity index (χ0n) is 20.0. The minimum atomic E-state index is 0.557. The largest absolute Gasteiger partial charge is 0.372 e. The van der Waals surface area contributed by atoms with Crippen LogP contribution in [0.3, 0.4) is 0 Å². The highest BCUT2D eigenvalue weighted by Crippen LogP contribution is 2.26. The number of nitrogens with one attached hydrogen (secondary N) is 1. The van der Waals surface area contributed by atoms with E-state index >= 15 is 0 Å². The van der Waals surface area contributed by atoms with Crippen LogP contribution >= 0.6 is 0 Å². The fourth-order valence-corrected chi connectivity index (χ4v) is 4.99. The van der Waals surface area contributed by atoms with Crippen molar-refractivity contribution in [2.24, 2.45) is 5.92 Å². The summed E-state index contributed by atoms with van der Waals surface area (Å²) in [5.41, 5.74) is 8.33. The van der Waals surface area contributed by atoms with Crippen LogP contribution < -0.4 is 5.32 Å². The van der Waals surface area contributed by atoms with Gasteiger partial charge in [0.1, 0.15) is 11.3 Å². The summed E-state index contributed by atoms with van der Waals surface area (Å²) in [5, 5.41) is 12.3. The molecule has 6 heterocycles. The molecule has 1 saturated carbocycles. The Labute approximate surface area is 208 Å². The second-order valence-corrected chi connectivity index (χ2v) is 9.90. The van der Waals surface area contributed by atoms with Gasteiger partial charge in [0.05, 0.1) is 43.5 Å². The van der Waals surface area contributed by atoms with Crippen LogP contribution in [0, 0.1) is 5.92 Å². The quantitative estimate of drug-likeness (QED) is 0.364. The summed E-state index contributed by atoms with van der Waals surface area (Å²) in [6.45, 7) is 3.90. The first-order valence-electron chi connectivity index (χ1n) is 12.6. The molecule has 0 amide bonds. The van der Waals surface area contributed by atoms with Gasteiger partial charge in [0, 0.05) is 54.2 Å². The Balaban J connectivity index is 1.05. The normalized spacial score (nSPS) is 15.4. The van der Waals surface area contributed by atoms with Gasteiger partial charge in [-0.05, 0) is 43.0 Å². The van der Waals surface area contributed by atoms with Crippen LogP contribution in [0.15, 0.2) is 61.6 Å². The molecule has 1 N–H and O–H groups in total. The third-order valence-corrected chi connectivity index (χ3v) is 7.25. The van der Waals surface area contributed by atoms with Crippen molar-refractivity contribution < 1.29 is 4.74 Å². The smallest absolute Gasteiger partial charge is 0.137 e. The van der Waals surface area contributed by atoms with E-state index in [1.807, 2.05) is 23.3 Å². The molecule has 1 fully saturated rings. The highest BCUT2D eigenvalue weighted by molar-refractivity contribution is 5.59. The molecule has 5 aromatic rings. The molecule has 9 nitrogen and oxygen atoms in total. The van der Waals surface area contributed by atoms with Gasteiger partial charge >= 0.3 is 0 Å². The molecule has 0 radical (unpaired) electrons. The lowest BCUT2D eigenvalue weighted by molar-refractivity contribution is 0.133. The molecule has 0 aromatic carbocycles. The number of fused-ring (bicyclic) bond motifs is 2. The molecule has 1 aliphatic heterocycles. The molecule has 0 bridgehead atoms. The number of nitrogens with zero attached hydrogens (tertiary/aromatic N) is 7. The van der Waals surface area contributed by atoms with Crippen molar-refractivity contribution in [1.29, 1.82) is 0 Å². The lowest BCUT2D eigenvalue weighted by Gasteiger charge is -2.25. The van der Waals surface area contributed by atoms with Crippen LogP contribution in [-0.4, -0.2) is 40.5 Å². The molecule has 182 valence electrons. The van der Waals surface area contributed by atoms with Crippen LogP contribution in [0.25, 0.3) is 22.6 Å². The van der Waals surface area contributed by atoms with Gasteiger partial charge in [-0.2, -0.15) is 0 Å². The fourth-order valence-electron chi connectivity index (χ4n) is 4.99. The average molecular weight is 481 g/mol. The van der Waals surface area contributed by atoms with Gasteiger partial charge in [-0.1, -0.05) is 17.7 Å². The molecule has 1 aliphatic carbocycles. The van der Waals surface area contributed by atoms with Crippen molar-refractivity contribution in [2.45, 2.75) is 45.6 Å². The van der Waals surface area contributed by atoms with E-state index in [0.717, 1.165) is 47.3 Å². The molecule has 0 saturated heterocycles. The van der Waals surface area contributed by atoms with E-state index < -0.39 is 0 Å². The average Bonchev–Trinajstić information content (AvgIpc) is 3.64. The predicted molar refractivity (Wildman–Crippen MR) is 134 cm³/mol. The lowest BCUT2D eigenvalue weighted by atomic mass is 9.85. The van der Waals surface area contributed by atoms with Crippen molar-refractivity contribution in [2.75, 3.05) is 6.54 Å². The topological polar surface area (TPSA) is 87.1 Å². The summed E-state index contributed by atoms with van der Waals surface area (Å²) in [7, 11) is 0. The Kier molecular flexibility index (Phi) is 5.36. The maximum atomic E-state index is 5.49. The molecule has 7 rings (SSSR count). The summed E-state index contributed by atoms with van der Waals surface area (Å²) in [4.78, 5) is 9.21. The number of ether oxygens (including phenoxy) is 1. The highest BCUT2D eigenvalue weighted by atomic mass is 16.5. The zero-order valence-corrected chi connectivity index (χ0v) is 20.0. The zero-order chi connectivity index (χ0) is 23.9. The van der Waals surface area contributed by atoms with Crippen molar-refractivity contribution in [3.05, 3.63) is 84.0 Å². The molecule has 0 atom stereocenters. The van der Waals surface area contributed by atoms with Crippen LogP contribution in [0.4, 0.5) is 0 Å². The summed E-state index contributed by atoms with van der Waals surface area (Å²) in [6.07, 6.45) is 18.2. The van der Waals surface area contributed by atoms with Gasteiger partial charge in [-0.25, -0.2) is 9.67 Å². The minimum Gasteiger partial charge on any atom is -0.372 e. The van der Waals surface area contributed by atoms with Gasteiger partial charge in [-0.3, -0.25) is 4.98 Å². The number of hydrogen-bond acceptors (Lipinski definition) is 6. The molecule has 9 heteroatoms. The second kappa shape index (κ2) is 9.00. The first kappa shape index (κ1) is 21.5. The molecular weight excluding hydrogens is 452 g/mol. The molecular formula is C27H28N8O. The third-order valence-electron chi connectivity index (χ3n) is 7.25. The standard InChI is InChI=1S/C27H28N8O/c1-2-19(3-1)7-28-8-20-4-5-27-30-24(14-34(27)11-20)15-35-16-26(31-32-35)21-6-25(10-29-9-21)33-12-22-17-36-18-23(22)13-33/h4-6,9-14,16,19,28H,1-3,7-8,15,17-18H2. The lowest BCUT2D eigenvalue weighted by Crippen LogP contribution is -2.26. The Bertz CT molecular complexity index is 1500. The first-order chi connectivity index (χ1) is 17.8. The number of pyridine rings is 2. The number of aromatic nitrogens is 7. The van der Waals surface area contributed by atoms with E-state index in [0.29, 0.717) is 19.8 Å². The fraction of sp³-hybridized carbons (Fsp3) is 0.333. The van der Waals surface area contributed by atoms with Crippen molar-refractivity contribution in [3.63, 3.8) is 0 Å². The summed E-state index contributed by atoms with van der Waals surface area (Å²) in [5.74, 6) is 0.865. The molecule has 0 spiro atoms. The summed E-state index contributed by atoms with van der Waals surface area (Å²) in [6, 6.07) is 6.32. The maximum Gasteiger partial charge on any atom is 0.137 e. The number of hydrogen-bond donors (Lipinski definition) is 1. The third kappa shape index (κ3) is 4.20. The maximum absolute atomic E-state index is 5.49. The monoisotopic (exact) mass is 480 g/mol. The van der Waals surface area contributed by atoms with Crippen LogP contribution in [0.1, 0.15) is 41.6 Å². The van der Waals surface area contributed by atoms with E-state index in [9.17, 15) is 0 Å². The molecule has 36 heavy (non-hydrogen) atoms. The van der Waals surface area contributed by atoms with Gasteiger partial charge < -0.3 is 19.0 Å². The molecule has 5 aromatic heterocycles. The van der Waals surface area contributed by atoms with Crippen molar-refractivity contribution in [3.8, 4) is 16.9 Å². The minimum absolute atomic E-state index is 0.557. The van der Waals surface area contributed by atoms with Crippen molar-refractivity contribution >= 4 is 5.65 Å². The first-order valence-corrected chi connectivity index (χ1v) is 12.6. The summed E-state index contributed by atoms with van der Waals surface area (Å²) >= 11 is 0. The van der Waals surface area contributed by atoms with Crippen LogP contribution in [0.5, 0.6) is 0 Å². The predicted octanol–water partition coefficient (Wildman–Crippen LogP) is 3.75. The number of imidazole rings is 1. The van der Waals surface area contributed by atoms with Crippen LogP contribution in [0.2, 0.25) is 0 Å². The van der Waals surface area contributed by atoms with E-state index in [2.05, 4.69) is 72.6 Å². The van der Waals surface area contributed by atoms with Gasteiger partial charge in [-0.15, -0.1) is 5.10 Å². The Morgan fingerprint density at radius 1 is 1.00 bits per heavy atom. The van der Waals surface area contributed by atoms with Crippen molar-refractivity contribution in [1.82, 2.24) is 39.2 Å². The SMILES string of the molecule is c1cc2nc(Cn3cc(-c4cncc(-n5cc6c(c5)COC6)c4)nn3)cn2cc1CNCC1CCC1. The molecule has 2 aliphatic rings. The number of rotatable bonds is 8. The molecule has 0 unspecified atom stereocenters. The Morgan fingerprint density at radius 2 is 1.89 bits per heavy atom. The van der Waals surface area contributed by atoms with Crippen LogP contribution in [-0.2, 0) is 31.0 Å². The Hall–Kier alpha value is -3.82. The Morgan fingerprint density at radius 3 is 2.72 bits per heavy atom. The van der Waals surface area contributed by atoms with E-state index in [1.54, 1.807) is 0 Å². The van der Waals surface area contributed by atoms with Gasteiger partial charge in [0.25, 0.3) is 0 Å². The highest BCUT2D eigenvalue weighted by Gasteiger charge is 2.17.